The smallest absolute Gasteiger partial charge is 0.260 e. The van der Waals surface area contributed by atoms with Crippen molar-refractivity contribution in [3.8, 4) is 11.5 Å². The van der Waals surface area contributed by atoms with E-state index in [1.165, 1.54) is 0 Å². The van der Waals surface area contributed by atoms with Crippen LogP contribution in [0.25, 0.3) is 11.5 Å². The molecule has 0 unspecified atom stereocenters. The van der Waals surface area contributed by atoms with Gasteiger partial charge in [-0.15, -0.1) is 0 Å². The van der Waals surface area contributed by atoms with Crippen LogP contribution in [0.5, 0.6) is 0 Å². The quantitative estimate of drug-likeness (QED) is 0.914. The van der Waals surface area contributed by atoms with Gasteiger partial charge in [-0.25, -0.2) is 0 Å². The highest BCUT2D eigenvalue weighted by atomic mass is 16.5. The van der Waals surface area contributed by atoms with Crippen molar-refractivity contribution in [2.75, 3.05) is 5.32 Å². The summed E-state index contributed by atoms with van der Waals surface area (Å²) in [5.41, 5.74) is 1.49. The van der Waals surface area contributed by atoms with E-state index in [4.69, 9.17) is 4.52 Å². The van der Waals surface area contributed by atoms with Crippen molar-refractivity contribution in [1.29, 1.82) is 0 Å². The lowest BCUT2D eigenvalue weighted by Gasteiger charge is -2.07. The van der Waals surface area contributed by atoms with Crippen molar-refractivity contribution in [1.82, 2.24) is 10.1 Å². The third-order valence-corrected chi connectivity index (χ3v) is 3.15. The van der Waals surface area contributed by atoms with E-state index < -0.39 is 0 Å². The maximum absolute atomic E-state index is 11.8. The Morgan fingerprint density at radius 1 is 1.42 bits per heavy atom. The van der Waals surface area contributed by atoms with Gasteiger partial charge in [0.15, 0.2) is 5.82 Å². The van der Waals surface area contributed by atoms with E-state index in [9.17, 15) is 4.79 Å². The molecule has 1 amide bonds. The van der Waals surface area contributed by atoms with Crippen molar-refractivity contribution in [3.63, 3.8) is 0 Å². The number of aromatic nitrogens is 2. The topological polar surface area (TPSA) is 68.0 Å². The van der Waals surface area contributed by atoms with Gasteiger partial charge in [-0.3, -0.25) is 4.79 Å². The van der Waals surface area contributed by atoms with Gasteiger partial charge < -0.3 is 9.84 Å². The third-order valence-electron chi connectivity index (χ3n) is 3.15. The number of carbonyl (C=O) groups excluding carboxylic acids is 1. The van der Waals surface area contributed by atoms with Gasteiger partial charge in [0.1, 0.15) is 0 Å². The van der Waals surface area contributed by atoms with Gasteiger partial charge >= 0.3 is 0 Å². The number of amides is 1. The lowest BCUT2D eigenvalue weighted by atomic mass is 10.1. The molecular formula is C14H15N3O2. The van der Waals surface area contributed by atoms with Gasteiger partial charge in [0.25, 0.3) is 5.89 Å². The van der Waals surface area contributed by atoms with Crippen LogP contribution in [-0.2, 0) is 11.2 Å². The summed E-state index contributed by atoms with van der Waals surface area (Å²) in [6.45, 7) is 1.97. The van der Waals surface area contributed by atoms with Gasteiger partial charge in [-0.2, -0.15) is 4.98 Å². The molecule has 0 atom stereocenters. The van der Waals surface area contributed by atoms with Crippen molar-refractivity contribution < 1.29 is 9.32 Å². The van der Waals surface area contributed by atoms with E-state index in [0.29, 0.717) is 11.7 Å². The fourth-order valence-electron chi connectivity index (χ4n) is 1.87. The van der Waals surface area contributed by atoms with E-state index in [1.54, 1.807) is 0 Å². The number of para-hydroxylation sites is 1. The number of aryl methyl sites for hydroxylation is 1. The number of rotatable bonds is 4. The predicted octanol–water partition coefficient (Wildman–Crippen LogP) is 2.65. The van der Waals surface area contributed by atoms with E-state index in [0.717, 1.165) is 30.5 Å². The molecule has 1 aliphatic rings. The first-order valence-corrected chi connectivity index (χ1v) is 6.50. The molecule has 1 N–H and O–H groups in total. The molecule has 0 aliphatic heterocycles. The van der Waals surface area contributed by atoms with Crippen LogP contribution < -0.4 is 5.32 Å². The van der Waals surface area contributed by atoms with Crippen LogP contribution >= 0.6 is 0 Å². The van der Waals surface area contributed by atoms with Crippen LogP contribution in [0.1, 0.15) is 25.6 Å². The maximum atomic E-state index is 11.8. The number of hydrogen-bond acceptors (Lipinski definition) is 4. The molecule has 0 spiro atoms. The molecule has 1 aliphatic carbocycles. The average molecular weight is 257 g/mol. The highest BCUT2D eigenvalue weighted by Gasteiger charge is 2.30. The third kappa shape index (κ3) is 2.50. The van der Waals surface area contributed by atoms with Crippen LogP contribution in [-0.4, -0.2) is 16.0 Å². The first-order valence-electron chi connectivity index (χ1n) is 6.50. The zero-order valence-corrected chi connectivity index (χ0v) is 10.7. The van der Waals surface area contributed by atoms with Gasteiger partial charge in [-0.1, -0.05) is 24.2 Å². The molecular weight excluding hydrogens is 242 g/mol. The predicted molar refractivity (Wildman–Crippen MR) is 70.5 cm³/mol. The maximum Gasteiger partial charge on any atom is 0.260 e. The van der Waals surface area contributed by atoms with Gasteiger partial charge in [0.05, 0.1) is 11.3 Å². The second-order valence-corrected chi connectivity index (χ2v) is 4.68. The standard InChI is InChI=1S/C14H15N3O2/c1-2-12-16-14(19-17-12)10-5-3-4-6-11(10)15-13(18)9-7-8-9/h3-6,9H,2,7-8H2,1H3,(H,15,18). The Hall–Kier alpha value is -2.17. The summed E-state index contributed by atoms with van der Waals surface area (Å²) in [5.74, 6) is 1.35. The molecule has 0 radical (unpaired) electrons. The Morgan fingerprint density at radius 2 is 2.21 bits per heavy atom. The number of nitrogens with one attached hydrogen (secondary N) is 1. The number of benzene rings is 1. The molecule has 0 saturated heterocycles. The molecule has 1 heterocycles. The fourth-order valence-corrected chi connectivity index (χ4v) is 1.87. The average Bonchev–Trinajstić information content (AvgIpc) is 3.18. The van der Waals surface area contributed by atoms with Crippen LogP contribution in [0.4, 0.5) is 5.69 Å². The van der Waals surface area contributed by atoms with Crippen molar-refractivity contribution >= 4 is 11.6 Å². The molecule has 5 heteroatoms. The first kappa shape index (κ1) is 11.9. The largest absolute Gasteiger partial charge is 0.334 e. The molecule has 98 valence electrons. The lowest BCUT2D eigenvalue weighted by molar-refractivity contribution is -0.117. The molecule has 1 fully saturated rings. The zero-order chi connectivity index (χ0) is 13.2. The molecule has 1 aromatic heterocycles. The van der Waals surface area contributed by atoms with E-state index >= 15 is 0 Å². The Morgan fingerprint density at radius 3 is 2.89 bits per heavy atom. The van der Waals surface area contributed by atoms with E-state index in [-0.39, 0.29) is 11.8 Å². The highest BCUT2D eigenvalue weighted by molar-refractivity contribution is 5.97. The fraction of sp³-hybridized carbons (Fsp3) is 0.357. The summed E-state index contributed by atoms with van der Waals surface area (Å²) in [7, 11) is 0. The molecule has 0 bridgehead atoms. The number of anilines is 1. The molecule has 3 rings (SSSR count). The summed E-state index contributed by atoms with van der Waals surface area (Å²) < 4.78 is 5.23. The summed E-state index contributed by atoms with van der Waals surface area (Å²) in [4.78, 5) is 16.1. The molecule has 19 heavy (non-hydrogen) atoms. The minimum atomic E-state index is 0.0719. The Balaban J connectivity index is 1.89. The Bertz CT molecular complexity index is 602. The van der Waals surface area contributed by atoms with Crippen molar-refractivity contribution in [2.24, 2.45) is 5.92 Å². The SMILES string of the molecule is CCc1noc(-c2ccccc2NC(=O)C2CC2)n1. The van der Waals surface area contributed by atoms with Crippen LogP contribution in [0.2, 0.25) is 0 Å². The number of hydrogen-bond donors (Lipinski definition) is 1. The first-order chi connectivity index (χ1) is 9.28. The van der Waals surface area contributed by atoms with Gasteiger partial charge in [-0.05, 0) is 25.0 Å². The Labute approximate surface area is 111 Å². The van der Waals surface area contributed by atoms with Crippen LogP contribution in [0.3, 0.4) is 0 Å². The minimum absolute atomic E-state index is 0.0719. The van der Waals surface area contributed by atoms with Crippen LogP contribution in [0, 0.1) is 5.92 Å². The minimum Gasteiger partial charge on any atom is -0.334 e. The summed E-state index contributed by atoms with van der Waals surface area (Å²) in [5, 5.41) is 6.81. The van der Waals surface area contributed by atoms with E-state index in [1.807, 2.05) is 31.2 Å². The normalized spacial score (nSPS) is 14.4. The van der Waals surface area contributed by atoms with Gasteiger partial charge in [0.2, 0.25) is 5.91 Å². The monoisotopic (exact) mass is 257 g/mol. The number of nitrogens with zero attached hydrogens (tertiary/aromatic N) is 2. The lowest BCUT2D eigenvalue weighted by Crippen LogP contribution is -2.13. The molecule has 1 saturated carbocycles. The van der Waals surface area contributed by atoms with Crippen LogP contribution in [0.15, 0.2) is 28.8 Å². The van der Waals surface area contributed by atoms with Crippen molar-refractivity contribution in [2.45, 2.75) is 26.2 Å². The molecule has 5 nitrogen and oxygen atoms in total. The summed E-state index contributed by atoms with van der Waals surface area (Å²) in [6.07, 6.45) is 2.68. The van der Waals surface area contributed by atoms with Gasteiger partial charge in [0, 0.05) is 12.3 Å². The summed E-state index contributed by atoms with van der Waals surface area (Å²) in [6, 6.07) is 7.49. The number of carbonyl (C=O) groups is 1. The summed E-state index contributed by atoms with van der Waals surface area (Å²) >= 11 is 0. The van der Waals surface area contributed by atoms with Crippen molar-refractivity contribution in [3.05, 3.63) is 30.1 Å². The second kappa shape index (κ2) is 4.84. The molecule has 2 aromatic rings. The van der Waals surface area contributed by atoms with E-state index in [2.05, 4.69) is 15.5 Å². The zero-order valence-electron chi connectivity index (χ0n) is 10.7. The highest BCUT2D eigenvalue weighted by Crippen LogP contribution is 2.32. The molecule has 1 aromatic carbocycles. The second-order valence-electron chi connectivity index (χ2n) is 4.68. The Kier molecular flexibility index (Phi) is 3.03.